The van der Waals surface area contributed by atoms with E-state index in [2.05, 4.69) is 20.3 Å². The van der Waals surface area contributed by atoms with Gasteiger partial charge >= 0.3 is 0 Å². The largest absolute Gasteiger partial charge is 0.379 e. The van der Waals surface area contributed by atoms with E-state index in [1.54, 1.807) is 0 Å². The molecule has 0 spiro atoms. The van der Waals surface area contributed by atoms with Crippen LogP contribution in [-0.2, 0) is 6.54 Å². The predicted molar refractivity (Wildman–Crippen MR) is 55.5 cm³/mol. The second kappa shape index (κ2) is 4.47. The van der Waals surface area contributed by atoms with E-state index in [0.717, 1.165) is 0 Å². The van der Waals surface area contributed by atoms with Gasteiger partial charge in [0.1, 0.15) is 0 Å². The number of rotatable bonds is 4. The van der Waals surface area contributed by atoms with Crippen LogP contribution in [0.2, 0.25) is 0 Å². The summed E-state index contributed by atoms with van der Waals surface area (Å²) < 4.78 is 6.28. The predicted octanol–water partition coefficient (Wildman–Crippen LogP) is -0.117. The Kier molecular flexibility index (Phi) is 2.86. The summed E-state index contributed by atoms with van der Waals surface area (Å²) in [6.45, 7) is 1.17. The highest BCUT2D eigenvalue weighted by Gasteiger charge is 2.14. The molecule has 7 nitrogen and oxygen atoms in total. The molecule has 0 aliphatic rings. The second-order valence-corrected chi connectivity index (χ2v) is 3.17. The maximum absolute atomic E-state index is 11.5. The van der Waals surface area contributed by atoms with E-state index in [-0.39, 0.29) is 17.4 Å². The summed E-state index contributed by atoms with van der Waals surface area (Å²) in [6.07, 6.45) is 3.83. The number of hydrogen-bond donors (Lipinski definition) is 2. The number of carbonyl (C=O) groups excluding carboxylic acids is 1. The number of nitrogens with two attached hydrogens (primary N) is 1. The van der Waals surface area contributed by atoms with Gasteiger partial charge in [-0.05, 0) is 22.4 Å². The minimum Gasteiger partial charge on any atom is -0.379 e. The van der Waals surface area contributed by atoms with Gasteiger partial charge < -0.3 is 15.6 Å². The van der Waals surface area contributed by atoms with Crippen LogP contribution >= 0.6 is 0 Å². The average Bonchev–Trinajstić information content (AvgIpc) is 2.88. The average molecular weight is 221 g/mol. The zero-order valence-corrected chi connectivity index (χ0v) is 8.46. The number of amides is 1. The molecular formula is C9H11N5O2. The van der Waals surface area contributed by atoms with Gasteiger partial charge in [0.2, 0.25) is 11.5 Å². The number of anilines is 1. The molecule has 0 radical (unpaired) electrons. The molecule has 2 heterocycles. The molecule has 0 saturated carbocycles. The van der Waals surface area contributed by atoms with E-state index >= 15 is 0 Å². The molecule has 0 atom stereocenters. The maximum Gasteiger partial charge on any atom is 0.277 e. The monoisotopic (exact) mass is 221 g/mol. The molecule has 2 rings (SSSR count). The third-order valence-electron chi connectivity index (χ3n) is 2.05. The van der Waals surface area contributed by atoms with Crippen molar-refractivity contribution in [3.63, 3.8) is 0 Å². The highest BCUT2D eigenvalue weighted by Crippen LogP contribution is 2.02. The van der Waals surface area contributed by atoms with Gasteiger partial charge in [0.25, 0.3) is 5.91 Å². The molecule has 0 saturated heterocycles. The molecule has 16 heavy (non-hydrogen) atoms. The van der Waals surface area contributed by atoms with Crippen LogP contribution in [0.5, 0.6) is 0 Å². The fraction of sp³-hybridized carbons (Fsp3) is 0.222. The van der Waals surface area contributed by atoms with Crippen molar-refractivity contribution in [1.29, 1.82) is 0 Å². The van der Waals surface area contributed by atoms with Crippen molar-refractivity contribution < 1.29 is 9.42 Å². The molecule has 2 aromatic rings. The first-order valence-electron chi connectivity index (χ1n) is 4.74. The Labute approximate surface area is 91.2 Å². The molecule has 7 heteroatoms. The number of carbonyl (C=O) groups is 1. The summed E-state index contributed by atoms with van der Waals surface area (Å²) in [5, 5.41) is 9.38. The lowest BCUT2D eigenvalue weighted by Gasteiger charge is -2.03. The van der Waals surface area contributed by atoms with E-state index in [4.69, 9.17) is 5.73 Å². The molecule has 3 N–H and O–H groups in total. The van der Waals surface area contributed by atoms with Crippen LogP contribution in [0.3, 0.4) is 0 Å². The molecule has 0 bridgehead atoms. The number of nitrogens with one attached hydrogen (secondary N) is 1. The molecule has 0 unspecified atom stereocenters. The molecule has 1 amide bonds. The summed E-state index contributed by atoms with van der Waals surface area (Å²) in [4.78, 5) is 11.5. The summed E-state index contributed by atoms with van der Waals surface area (Å²) in [5.41, 5.74) is 5.40. The van der Waals surface area contributed by atoms with Crippen LogP contribution in [0.4, 0.5) is 5.82 Å². The van der Waals surface area contributed by atoms with Gasteiger partial charge in [-0.3, -0.25) is 4.79 Å². The first-order valence-corrected chi connectivity index (χ1v) is 4.74. The molecule has 0 aliphatic carbocycles. The molecule has 84 valence electrons. The number of hydrogen-bond acceptors (Lipinski definition) is 5. The Bertz CT molecular complexity index is 462. The van der Waals surface area contributed by atoms with E-state index < -0.39 is 0 Å². The van der Waals surface area contributed by atoms with Crippen LogP contribution in [-0.4, -0.2) is 27.3 Å². The smallest absolute Gasteiger partial charge is 0.277 e. The van der Waals surface area contributed by atoms with Crippen molar-refractivity contribution >= 4 is 11.7 Å². The van der Waals surface area contributed by atoms with Crippen molar-refractivity contribution in [2.24, 2.45) is 0 Å². The topological polar surface area (TPSA) is 99.0 Å². The van der Waals surface area contributed by atoms with Crippen molar-refractivity contribution in [3.05, 3.63) is 30.2 Å². The summed E-state index contributed by atoms with van der Waals surface area (Å²) >= 11 is 0. The first kappa shape index (κ1) is 10.2. The Morgan fingerprint density at radius 3 is 2.81 bits per heavy atom. The van der Waals surface area contributed by atoms with Gasteiger partial charge in [-0.2, -0.15) is 0 Å². The van der Waals surface area contributed by atoms with Crippen molar-refractivity contribution in [2.75, 3.05) is 12.3 Å². The minimum atomic E-state index is -0.383. The van der Waals surface area contributed by atoms with E-state index in [1.165, 1.54) is 0 Å². The molecule has 0 aliphatic heterocycles. The molecule has 2 aromatic heterocycles. The third-order valence-corrected chi connectivity index (χ3v) is 2.05. The van der Waals surface area contributed by atoms with E-state index in [0.29, 0.717) is 13.1 Å². The van der Waals surface area contributed by atoms with Gasteiger partial charge in [-0.15, -0.1) is 0 Å². The Morgan fingerprint density at radius 2 is 2.19 bits per heavy atom. The van der Waals surface area contributed by atoms with Crippen LogP contribution < -0.4 is 11.1 Å². The van der Waals surface area contributed by atoms with Gasteiger partial charge in [0, 0.05) is 25.5 Å². The highest BCUT2D eigenvalue weighted by molar-refractivity contribution is 5.95. The second-order valence-electron chi connectivity index (χ2n) is 3.17. The summed E-state index contributed by atoms with van der Waals surface area (Å²) in [6, 6.07) is 3.84. The highest BCUT2D eigenvalue weighted by atomic mass is 16.6. The lowest BCUT2D eigenvalue weighted by atomic mass is 10.4. The zero-order chi connectivity index (χ0) is 11.4. The van der Waals surface area contributed by atoms with E-state index in [9.17, 15) is 4.79 Å². The minimum absolute atomic E-state index is 0.00142. The lowest BCUT2D eigenvalue weighted by molar-refractivity contribution is 0.0943. The van der Waals surface area contributed by atoms with Crippen LogP contribution in [0, 0.1) is 0 Å². The van der Waals surface area contributed by atoms with Gasteiger partial charge in [0.15, 0.2) is 0 Å². The molecule has 0 aromatic carbocycles. The third kappa shape index (κ3) is 2.19. The van der Waals surface area contributed by atoms with Crippen molar-refractivity contribution in [2.45, 2.75) is 6.54 Å². The molecular weight excluding hydrogens is 210 g/mol. The number of aromatic nitrogens is 3. The Balaban J connectivity index is 1.83. The number of nitrogens with zero attached hydrogens (tertiary/aromatic N) is 3. The van der Waals surface area contributed by atoms with Gasteiger partial charge in [0.05, 0.1) is 0 Å². The van der Waals surface area contributed by atoms with Gasteiger partial charge in [-0.25, -0.2) is 4.63 Å². The zero-order valence-electron chi connectivity index (χ0n) is 8.46. The summed E-state index contributed by atoms with van der Waals surface area (Å²) in [7, 11) is 0. The fourth-order valence-corrected chi connectivity index (χ4v) is 1.25. The normalized spacial score (nSPS) is 10.2. The van der Waals surface area contributed by atoms with Crippen LogP contribution in [0.1, 0.15) is 10.5 Å². The fourth-order valence-electron chi connectivity index (χ4n) is 1.25. The SMILES string of the molecule is Nc1nonc1C(=O)NCCn1cccc1. The molecule has 0 fully saturated rings. The standard InChI is InChI=1S/C9H11N5O2/c10-8-7(12-16-13-8)9(15)11-3-6-14-4-1-2-5-14/h1-2,4-5H,3,6H2,(H2,10,13)(H,11,15). The lowest BCUT2D eigenvalue weighted by Crippen LogP contribution is -2.27. The maximum atomic E-state index is 11.5. The van der Waals surface area contributed by atoms with Crippen molar-refractivity contribution in [1.82, 2.24) is 20.2 Å². The Morgan fingerprint density at radius 1 is 1.44 bits per heavy atom. The van der Waals surface area contributed by atoms with Crippen LogP contribution in [0.15, 0.2) is 29.2 Å². The van der Waals surface area contributed by atoms with Crippen molar-refractivity contribution in [3.8, 4) is 0 Å². The number of nitrogen functional groups attached to an aromatic ring is 1. The summed E-state index contributed by atoms with van der Waals surface area (Å²) in [5.74, 6) is -0.385. The van der Waals surface area contributed by atoms with Crippen LogP contribution in [0.25, 0.3) is 0 Å². The Hall–Kier alpha value is -2.31. The van der Waals surface area contributed by atoms with Gasteiger partial charge in [-0.1, -0.05) is 0 Å². The quantitative estimate of drug-likeness (QED) is 0.750. The first-order chi connectivity index (χ1) is 7.77. The van der Waals surface area contributed by atoms with E-state index in [1.807, 2.05) is 29.1 Å².